The van der Waals surface area contributed by atoms with E-state index in [0.29, 0.717) is 16.9 Å². The van der Waals surface area contributed by atoms with Gasteiger partial charge in [-0.05, 0) is 60.7 Å². The maximum absolute atomic E-state index is 13.1. The number of carbonyl (C=O) groups is 1. The lowest BCUT2D eigenvalue weighted by molar-refractivity contribution is -0.116. The van der Waals surface area contributed by atoms with Gasteiger partial charge in [0.05, 0.1) is 5.75 Å². The lowest BCUT2D eigenvalue weighted by Gasteiger charge is -2.18. The van der Waals surface area contributed by atoms with E-state index in [1.807, 2.05) is 77.1 Å². The van der Waals surface area contributed by atoms with E-state index in [4.69, 9.17) is 4.74 Å². The lowest BCUT2D eigenvalue weighted by atomic mass is 10.0. The zero-order chi connectivity index (χ0) is 25.1. The Morgan fingerprint density at radius 3 is 2.42 bits per heavy atom. The van der Waals surface area contributed by atoms with Crippen LogP contribution < -0.4 is 9.64 Å². The van der Waals surface area contributed by atoms with Gasteiger partial charge >= 0.3 is 0 Å². The number of rotatable bonds is 8. The molecule has 1 atom stereocenters. The highest BCUT2D eigenvalue weighted by Gasteiger charge is 2.26. The highest BCUT2D eigenvalue weighted by Crippen LogP contribution is 2.31. The van der Waals surface area contributed by atoms with Gasteiger partial charge in [-0.3, -0.25) is 9.36 Å². The Hall–Kier alpha value is -3.58. The minimum Gasteiger partial charge on any atom is -0.483 e. The Morgan fingerprint density at radius 2 is 1.67 bits per heavy atom. The topological polar surface area (TPSA) is 60.3 Å². The molecule has 1 aliphatic rings. The molecule has 4 aromatic rings. The van der Waals surface area contributed by atoms with Crippen LogP contribution in [-0.2, 0) is 11.2 Å². The Balaban J connectivity index is 1.36. The largest absolute Gasteiger partial charge is 0.483 e. The number of para-hydroxylation sites is 2. The SMILES string of the molecule is CC(C)c1ccc(OC(C)c2nnc(SCC(=O)N3CCc4ccccc43)n2-c2ccccc2)cc1. The number of amides is 1. The highest BCUT2D eigenvalue weighted by atomic mass is 32.2. The molecule has 0 bridgehead atoms. The third-order valence-electron chi connectivity index (χ3n) is 6.41. The summed E-state index contributed by atoms with van der Waals surface area (Å²) in [5, 5.41) is 9.62. The van der Waals surface area contributed by atoms with E-state index in [2.05, 4.69) is 42.2 Å². The van der Waals surface area contributed by atoms with E-state index in [1.165, 1.54) is 22.9 Å². The minimum atomic E-state index is -0.335. The smallest absolute Gasteiger partial charge is 0.237 e. The number of anilines is 1. The molecule has 36 heavy (non-hydrogen) atoms. The van der Waals surface area contributed by atoms with Crippen molar-refractivity contribution in [2.45, 2.75) is 44.4 Å². The van der Waals surface area contributed by atoms with Crippen molar-refractivity contribution < 1.29 is 9.53 Å². The average molecular weight is 499 g/mol. The van der Waals surface area contributed by atoms with E-state index in [1.54, 1.807) is 0 Å². The molecule has 1 unspecified atom stereocenters. The van der Waals surface area contributed by atoms with Gasteiger partial charge in [0.2, 0.25) is 5.91 Å². The lowest BCUT2D eigenvalue weighted by Crippen LogP contribution is -2.30. The van der Waals surface area contributed by atoms with Crippen molar-refractivity contribution in [2.24, 2.45) is 0 Å². The second-order valence-electron chi connectivity index (χ2n) is 9.21. The highest BCUT2D eigenvalue weighted by molar-refractivity contribution is 7.99. The summed E-state index contributed by atoms with van der Waals surface area (Å²) in [6, 6.07) is 26.3. The average Bonchev–Trinajstić information content (AvgIpc) is 3.53. The molecule has 7 heteroatoms. The van der Waals surface area contributed by atoms with Crippen LogP contribution in [0.1, 0.15) is 49.7 Å². The van der Waals surface area contributed by atoms with Crippen molar-refractivity contribution in [3.63, 3.8) is 0 Å². The molecule has 6 nitrogen and oxygen atoms in total. The minimum absolute atomic E-state index is 0.0728. The van der Waals surface area contributed by atoms with Gasteiger partial charge in [0, 0.05) is 17.9 Å². The van der Waals surface area contributed by atoms with Crippen LogP contribution in [0.5, 0.6) is 5.75 Å². The molecule has 0 saturated carbocycles. The summed E-state index contributed by atoms with van der Waals surface area (Å²) in [7, 11) is 0. The molecule has 0 aliphatic carbocycles. The van der Waals surface area contributed by atoms with Gasteiger partial charge in [-0.2, -0.15) is 0 Å². The van der Waals surface area contributed by atoms with Gasteiger partial charge in [-0.15, -0.1) is 10.2 Å². The van der Waals surface area contributed by atoms with Crippen molar-refractivity contribution in [2.75, 3.05) is 17.2 Å². The number of thioether (sulfide) groups is 1. The fourth-order valence-electron chi connectivity index (χ4n) is 4.45. The standard InChI is InChI=1S/C29H30N4O2S/c1-20(2)22-13-15-25(16-14-22)35-21(3)28-30-31-29(33(28)24-10-5-4-6-11-24)36-19-27(34)32-18-17-23-9-7-8-12-26(23)32/h4-16,20-21H,17-19H2,1-3H3. The van der Waals surface area contributed by atoms with Crippen LogP contribution in [0.2, 0.25) is 0 Å². The third-order valence-corrected chi connectivity index (χ3v) is 7.32. The number of ether oxygens (including phenoxy) is 1. The van der Waals surface area contributed by atoms with Crippen molar-refractivity contribution >= 4 is 23.4 Å². The van der Waals surface area contributed by atoms with Crippen LogP contribution in [0.25, 0.3) is 5.69 Å². The first-order valence-electron chi connectivity index (χ1n) is 12.3. The van der Waals surface area contributed by atoms with Gasteiger partial charge in [-0.25, -0.2) is 0 Å². The van der Waals surface area contributed by atoms with Crippen LogP contribution in [0.4, 0.5) is 5.69 Å². The van der Waals surface area contributed by atoms with Gasteiger partial charge in [-0.1, -0.05) is 74.1 Å². The summed E-state index contributed by atoms with van der Waals surface area (Å²) < 4.78 is 8.24. The van der Waals surface area contributed by atoms with Gasteiger partial charge < -0.3 is 9.64 Å². The van der Waals surface area contributed by atoms with Crippen LogP contribution >= 0.6 is 11.8 Å². The molecule has 0 saturated heterocycles. The van der Waals surface area contributed by atoms with E-state index in [9.17, 15) is 4.79 Å². The molecule has 5 rings (SSSR count). The maximum Gasteiger partial charge on any atom is 0.237 e. The van der Waals surface area contributed by atoms with Gasteiger partial charge in [0.25, 0.3) is 0 Å². The quantitative estimate of drug-likeness (QED) is 0.270. The summed E-state index contributed by atoms with van der Waals surface area (Å²) in [4.78, 5) is 15.0. The summed E-state index contributed by atoms with van der Waals surface area (Å²) in [6.45, 7) is 7.04. The number of hydrogen-bond acceptors (Lipinski definition) is 5. The van der Waals surface area contributed by atoms with Crippen molar-refractivity contribution in [3.05, 3.63) is 95.8 Å². The molecule has 0 radical (unpaired) electrons. The monoisotopic (exact) mass is 498 g/mol. The molecule has 0 fully saturated rings. The summed E-state index contributed by atoms with van der Waals surface area (Å²) in [5.41, 5.74) is 4.44. The van der Waals surface area contributed by atoms with Crippen molar-refractivity contribution in [1.29, 1.82) is 0 Å². The Labute approximate surface area is 216 Å². The van der Waals surface area contributed by atoms with Crippen molar-refractivity contribution in [1.82, 2.24) is 14.8 Å². The normalized spacial score (nSPS) is 13.6. The predicted molar refractivity (Wildman–Crippen MR) is 144 cm³/mol. The van der Waals surface area contributed by atoms with Crippen LogP contribution in [0.15, 0.2) is 84.0 Å². The zero-order valence-corrected chi connectivity index (χ0v) is 21.6. The summed E-state index contributed by atoms with van der Waals surface area (Å²) in [6.07, 6.45) is 0.558. The molecular formula is C29H30N4O2S. The number of carbonyl (C=O) groups excluding carboxylic acids is 1. The molecule has 2 heterocycles. The molecule has 1 aromatic heterocycles. The Morgan fingerprint density at radius 1 is 0.944 bits per heavy atom. The van der Waals surface area contributed by atoms with Crippen LogP contribution in [0.3, 0.4) is 0 Å². The number of fused-ring (bicyclic) bond motifs is 1. The Bertz CT molecular complexity index is 1340. The molecular weight excluding hydrogens is 468 g/mol. The second-order valence-corrected chi connectivity index (χ2v) is 10.2. The van der Waals surface area contributed by atoms with Gasteiger partial charge in [0.1, 0.15) is 5.75 Å². The third kappa shape index (κ3) is 5.02. The van der Waals surface area contributed by atoms with E-state index >= 15 is 0 Å². The number of aromatic nitrogens is 3. The number of benzene rings is 3. The van der Waals surface area contributed by atoms with E-state index in [-0.39, 0.29) is 17.8 Å². The van der Waals surface area contributed by atoms with Crippen LogP contribution in [0, 0.1) is 0 Å². The fraction of sp³-hybridized carbons (Fsp3) is 0.276. The number of hydrogen-bond donors (Lipinski definition) is 0. The molecule has 184 valence electrons. The first kappa shape index (κ1) is 24.1. The molecule has 0 spiro atoms. The Kier molecular flexibility index (Phi) is 7.09. The second kappa shape index (κ2) is 10.6. The fourth-order valence-corrected chi connectivity index (χ4v) is 5.28. The summed E-state index contributed by atoms with van der Waals surface area (Å²) >= 11 is 1.40. The molecule has 1 aliphatic heterocycles. The molecule has 1 amide bonds. The van der Waals surface area contributed by atoms with E-state index in [0.717, 1.165) is 30.1 Å². The molecule has 3 aromatic carbocycles. The zero-order valence-electron chi connectivity index (χ0n) is 20.8. The summed E-state index contributed by atoms with van der Waals surface area (Å²) in [5.74, 6) is 2.30. The van der Waals surface area contributed by atoms with Gasteiger partial charge in [0.15, 0.2) is 17.1 Å². The number of nitrogens with zero attached hydrogens (tertiary/aromatic N) is 4. The molecule has 0 N–H and O–H groups in total. The van der Waals surface area contributed by atoms with E-state index < -0.39 is 0 Å². The maximum atomic E-state index is 13.1. The van der Waals surface area contributed by atoms with Crippen molar-refractivity contribution in [3.8, 4) is 11.4 Å². The van der Waals surface area contributed by atoms with Crippen LogP contribution in [-0.4, -0.2) is 33.0 Å². The first-order chi connectivity index (χ1) is 17.5. The first-order valence-corrected chi connectivity index (χ1v) is 13.3. The predicted octanol–water partition coefficient (Wildman–Crippen LogP) is 6.21.